The molecule has 144 valence electrons. The van der Waals surface area contributed by atoms with E-state index in [1.807, 2.05) is 6.92 Å². The summed E-state index contributed by atoms with van der Waals surface area (Å²) in [6, 6.07) is 0. The number of carbonyl (C=O) groups is 1. The number of allylic oxidation sites excluding steroid dienone is 1. The van der Waals surface area contributed by atoms with Gasteiger partial charge in [0.25, 0.3) is 0 Å². The molecule has 2 fully saturated rings. The first-order valence-electron chi connectivity index (χ1n) is 11.0. The van der Waals surface area contributed by atoms with Gasteiger partial charge >= 0.3 is 5.97 Å². The number of esters is 1. The van der Waals surface area contributed by atoms with Crippen LogP contribution < -0.4 is 0 Å². The van der Waals surface area contributed by atoms with E-state index < -0.39 is 0 Å². The van der Waals surface area contributed by atoms with Crippen LogP contribution in [-0.2, 0) is 9.53 Å². The third-order valence-electron chi connectivity index (χ3n) is 6.44. The third-order valence-corrected chi connectivity index (χ3v) is 6.44. The lowest BCUT2D eigenvalue weighted by Gasteiger charge is -2.21. The Labute approximate surface area is 155 Å². The molecular formula is C23H40O2. The summed E-state index contributed by atoms with van der Waals surface area (Å²) < 4.78 is 5.70. The SMILES string of the molecule is CC(CC1CCCCCCC1)=C(C)C(=O)OCC1CCCCCCC1. The van der Waals surface area contributed by atoms with Crippen molar-refractivity contribution in [1.82, 2.24) is 0 Å². The maximum Gasteiger partial charge on any atom is 0.333 e. The van der Waals surface area contributed by atoms with E-state index in [1.165, 1.54) is 95.5 Å². The molecule has 0 heterocycles. The number of rotatable bonds is 5. The largest absolute Gasteiger partial charge is 0.462 e. The molecule has 0 radical (unpaired) electrons. The standard InChI is InChI=1S/C23H40O2/c1-19(17-21-13-9-5-3-6-10-14-21)20(2)23(24)25-18-22-15-11-7-4-8-12-16-22/h21-22H,3-18H2,1-2H3. The van der Waals surface area contributed by atoms with Crippen molar-refractivity contribution < 1.29 is 9.53 Å². The van der Waals surface area contributed by atoms with E-state index >= 15 is 0 Å². The molecule has 2 nitrogen and oxygen atoms in total. The van der Waals surface area contributed by atoms with E-state index in [4.69, 9.17) is 4.74 Å². The molecule has 0 amide bonds. The van der Waals surface area contributed by atoms with Crippen LogP contribution in [0.4, 0.5) is 0 Å². The van der Waals surface area contributed by atoms with Gasteiger partial charge in [-0.05, 0) is 44.9 Å². The van der Waals surface area contributed by atoms with Crippen LogP contribution in [0, 0.1) is 11.8 Å². The first-order valence-corrected chi connectivity index (χ1v) is 11.0. The average Bonchev–Trinajstić information content (AvgIpc) is 2.55. The summed E-state index contributed by atoms with van der Waals surface area (Å²) in [6.07, 6.45) is 19.8. The van der Waals surface area contributed by atoms with Crippen molar-refractivity contribution >= 4 is 5.97 Å². The Hall–Kier alpha value is -0.790. The number of ether oxygens (including phenoxy) is 1. The van der Waals surface area contributed by atoms with Gasteiger partial charge in [-0.1, -0.05) is 82.6 Å². The molecule has 0 aliphatic heterocycles. The topological polar surface area (TPSA) is 26.3 Å². The van der Waals surface area contributed by atoms with Crippen LogP contribution in [0.1, 0.15) is 110 Å². The Morgan fingerprint density at radius 3 is 1.68 bits per heavy atom. The molecule has 2 aliphatic carbocycles. The Kier molecular flexibility index (Phi) is 9.65. The fourth-order valence-electron chi connectivity index (χ4n) is 4.51. The first-order chi connectivity index (χ1) is 12.2. The van der Waals surface area contributed by atoms with Crippen LogP contribution in [0.2, 0.25) is 0 Å². The zero-order valence-corrected chi connectivity index (χ0v) is 16.8. The molecule has 0 unspecified atom stereocenters. The number of carbonyl (C=O) groups excluding carboxylic acids is 1. The lowest BCUT2D eigenvalue weighted by molar-refractivity contribution is -0.140. The Morgan fingerprint density at radius 1 is 0.720 bits per heavy atom. The van der Waals surface area contributed by atoms with Crippen molar-refractivity contribution in [3.63, 3.8) is 0 Å². The van der Waals surface area contributed by atoms with E-state index in [9.17, 15) is 4.79 Å². The van der Waals surface area contributed by atoms with Crippen LogP contribution >= 0.6 is 0 Å². The lowest BCUT2D eigenvalue weighted by Crippen LogP contribution is -2.17. The molecule has 0 aromatic rings. The molecule has 0 atom stereocenters. The molecule has 25 heavy (non-hydrogen) atoms. The number of hydrogen-bond donors (Lipinski definition) is 0. The second-order valence-electron chi connectivity index (χ2n) is 8.63. The summed E-state index contributed by atoms with van der Waals surface area (Å²) >= 11 is 0. The van der Waals surface area contributed by atoms with Gasteiger partial charge in [-0.3, -0.25) is 0 Å². The molecule has 0 saturated heterocycles. The summed E-state index contributed by atoms with van der Waals surface area (Å²) in [6.45, 7) is 4.75. The van der Waals surface area contributed by atoms with E-state index in [0.29, 0.717) is 12.5 Å². The summed E-state index contributed by atoms with van der Waals surface area (Å²) in [7, 11) is 0. The highest BCUT2D eigenvalue weighted by atomic mass is 16.5. The first kappa shape index (κ1) is 20.5. The molecule has 0 spiro atoms. The van der Waals surface area contributed by atoms with Crippen LogP contribution in [0.3, 0.4) is 0 Å². The summed E-state index contributed by atoms with van der Waals surface area (Å²) in [5.74, 6) is 1.29. The predicted molar refractivity (Wildman–Crippen MR) is 106 cm³/mol. The lowest BCUT2D eigenvalue weighted by atomic mass is 9.86. The smallest absolute Gasteiger partial charge is 0.333 e. The Balaban J connectivity index is 1.78. The second-order valence-corrected chi connectivity index (χ2v) is 8.63. The van der Waals surface area contributed by atoms with Gasteiger partial charge in [0, 0.05) is 5.57 Å². The minimum absolute atomic E-state index is 0.0644. The van der Waals surface area contributed by atoms with Crippen molar-refractivity contribution in [3.05, 3.63) is 11.1 Å². The predicted octanol–water partition coefficient (Wildman–Crippen LogP) is 6.98. The van der Waals surface area contributed by atoms with Crippen LogP contribution in [0.5, 0.6) is 0 Å². The second kappa shape index (κ2) is 11.8. The van der Waals surface area contributed by atoms with E-state index in [0.717, 1.165) is 17.9 Å². The number of hydrogen-bond acceptors (Lipinski definition) is 2. The zero-order valence-electron chi connectivity index (χ0n) is 16.8. The fourth-order valence-corrected chi connectivity index (χ4v) is 4.51. The molecule has 2 saturated carbocycles. The quantitative estimate of drug-likeness (QED) is 0.396. The zero-order chi connectivity index (χ0) is 17.9. The summed E-state index contributed by atoms with van der Waals surface area (Å²) in [5.41, 5.74) is 2.13. The highest BCUT2D eigenvalue weighted by Gasteiger charge is 2.18. The van der Waals surface area contributed by atoms with Crippen molar-refractivity contribution in [2.45, 2.75) is 110 Å². The normalized spacial score (nSPS) is 23.0. The average molecular weight is 349 g/mol. The monoisotopic (exact) mass is 348 g/mol. The van der Waals surface area contributed by atoms with Gasteiger partial charge in [-0.15, -0.1) is 0 Å². The molecular weight excluding hydrogens is 308 g/mol. The molecule has 0 N–H and O–H groups in total. The highest BCUT2D eigenvalue weighted by Crippen LogP contribution is 2.29. The minimum atomic E-state index is -0.0644. The van der Waals surface area contributed by atoms with Gasteiger partial charge in [-0.2, -0.15) is 0 Å². The Bertz CT molecular complexity index is 408. The van der Waals surface area contributed by atoms with Crippen molar-refractivity contribution in [1.29, 1.82) is 0 Å². The summed E-state index contributed by atoms with van der Waals surface area (Å²) in [4.78, 5) is 12.5. The van der Waals surface area contributed by atoms with Gasteiger partial charge < -0.3 is 4.74 Å². The van der Waals surface area contributed by atoms with Crippen LogP contribution in [0.25, 0.3) is 0 Å². The maximum atomic E-state index is 12.5. The van der Waals surface area contributed by atoms with E-state index in [2.05, 4.69) is 6.92 Å². The van der Waals surface area contributed by atoms with Gasteiger partial charge in [0.2, 0.25) is 0 Å². The molecule has 0 bridgehead atoms. The maximum absolute atomic E-state index is 12.5. The minimum Gasteiger partial charge on any atom is -0.462 e. The molecule has 2 aliphatic rings. The summed E-state index contributed by atoms with van der Waals surface area (Å²) in [5, 5.41) is 0. The van der Waals surface area contributed by atoms with Gasteiger partial charge in [0.1, 0.15) is 0 Å². The van der Waals surface area contributed by atoms with Crippen LogP contribution in [-0.4, -0.2) is 12.6 Å². The van der Waals surface area contributed by atoms with E-state index in [1.54, 1.807) is 0 Å². The van der Waals surface area contributed by atoms with Crippen molar-refractivity contribution in [2.75, 3.05) is 6.61 Å². The van der Waals surface area contributed by atoms with Gasteiger partial charge in [0.05, 0.1) is 6.61 Å². The molecule has 2 rings (SSSR count). The van der Waals surface area contributed by atoms with Gasteiger partial charge in [0.15, 0.2) is 0 Å². The highest BCUT2D eigenvalue weighted by molar-refractivity contribution is 5.88. The fraction of sp³-hybridized carbons (Fsp3) is 0.870. The molecule has 2 heteroatoms. The molecule has 0 aromatic carbocycles. The van der Waals surface area contributed by atoms with Crippen molar-refractivity contribution in [2.24, 2.45) is 11.8 Å². The third kappa shape index (κ3) is 7.96. The van der Waals surface area contributed by atoms with Gasteiger partial charge in [-0.25, -0.2) is 4.79 Å². The Morgan fingerprint density at radius 2 is 1.16 bits per heavy atom. The van der Waals surface area contributed by atoms with Crippen molar-refractivity contribution in [3.8, 4) is 0 Å². The van der Waals surface area contributed by atoms with E-state index in [-0.39, 0.29) is 5.97 Å². The molecule has 0 aromatic heterocycles. The van der Waals surface area contributed by atoms with Crippen LogP contribution in [0.15, 0.2) is 11.1 Å².